The van der Waals surface area contributed by atoms with Crippen LogP contribution in [0.3, 0.4) is 0 Å². The molecule has 0 saturated heterocycles. The molecule has 0 fully saturated rings. The number of aliphatic imine (C=N–C) groups is 2. The molecule has 3 aromatic rings. The van der Waals surface area contributed by atoms with Crippen molar-refractivity contribution in [1.29, 1.82) is 0 Å². The fourth-order valence-electron chi connectivity index (χ4n) is 4.57. The Morgan fingerprint density at radius 1 is 0.643 bits per heavy atom. The van der Waals surface area contributed by atoms with Crippen molar-refractivity contribution in [3.63, 3.8) is 0 Å². The fourth-order valence-corrected chi connectivity index (χ4v) is 4.57. The van der Waals surface area contributed by atoms with Gasteiger partial charge in [0.15, 0.2) is 0 Å². The normalized spacial score (nSPS) is 12.0. The summed E-state index contributed by atoms with van der Waals surface area (Å²) in [5.41, 5.74) is 10.9. The van der Waals surface area contributed by atoms with E-state index >= 15 is 0 Å². The molecule has 0 radical (unpaired) electrons. The summed E-state index contributed by atoms with van der Waals surface area (Å²) in [6.45, 7) is 23.5. The van der Waals surface area contributed by atoms with E-state index in [4.69, 9.17) is 15.0 Å². The van der Waals surface area contributed by atoms with Crippen molar-refractivity contribution in [3.8, 4) is 0 Å². The van der Waals surface area contributed by atoms with E-state index in [1.165, 1.54) is 29.2 Å². The number of para-hydroxylation sites is 2. The summed E-state index contributed by atoms with van der Waals surface area (Å²) in [6, 6.07) is 19.2. The predicted molar refractivity (Wildman–Crippen MR) is 173 cm³/mol. The van der Waals surface area contributed by atoms with E-state index < -0.39 is 5.97 Å². The molecule has 1 aromatic heterocycles. The molecule has 3 rings (SSSR count). The minimum Gasteiger partial charge on any atom is -0.550 e. The second kappa shape index (κ2) is 17.1. The Balaban J connectivity index is 0.00000135. The average Bonchev–Trinajstić information content (AvgIpc) is 2.92. The van der Waals surface area contributed by atoms with Crippen molar-refractivity contribution >= 4 is 28.8 Å². The van der Waals surface area contributed by atoms with Gasteiger partial charge in [-0.3, -0.25) is 9.98 Å². The first kappa shape index (κ1) is 36.9. The summed E-state index contributed by atoms with van der Waals surface area (Å²) in [5, 5.41) is 9.26. The van der Waals surface area contributed by atoms with Crippen molar-refractivity contribution < 1.29 is 27.0 Å². The first-order valence-electron chi connectivity index (χ1n) is 14.8. The van der Waals surface area contributed by atoms with E-state index in [0.717, 1.165) is 34.2 Å². The smallest absolute Gasteiger partial charge is 0.0849 e. The summed E-state index contributed by atoms with van der Waals surface area (Å²) >= 11 is 0. The van der Waals surface area contributed by atoms with Gasteiger partial charge in [0.05, 0.1) is 34.2 Å². The predicted octanol–water partition coefficient (Wildman–Crippen LogP) is 9.00. The van der Waals surface area contributed by atoms with Gasteiger partial charge in [-0.05, 0) is 78.3 Å². The van der Waals surface area contributed by atoms with Crippen LogP contribution in [-0.4, -0.2) is 22.4 Å². The number of nitrogens with zero attached hydrogens (tertiary/aromatic N) is 3. The molecule has 1 heterocycles. The van der Waals surface area contributed by atoms with Gasteiger partial charge >= 0.3 is 0 Å². The summed E-state index contributed by atoms with van der Waals surface area (Å²) in [4.78, 5) is 24.5. The molecule has 0 amide bonds. The van der Waals surface area contributed by atoms with Crippen molar-refractivity contribution in [3.05, 3.63) is 88.2 Å². The molecule has 0 atom stereocenters. The Hall–Kier alpha value is -3.08. The molecule has 0 aliphatic heterocycles. The van der Waals surface area contributed by atoms with Crippen molar-refractivity contribution in [1.82, 2.24) is 4.98 Å². The van der Waals surface area contributed by atoms with Crippen LogP contribution in [0.1, 0.15) is 140 Å². The zero-order valence-electron chi connectivity index (χ0n) is 27.2. The standard InChI is InChI=1S/C33H43N3.C3H6O2.Fe/c1-20(2)26-14-11-15-27(21(3)4)32(26)34-24(9)30-18-13-19-31(36-30)25(10)35-33-28(22(5)6)16-12-17-29(33)23(7)8;1-2-3(4)5;/h11-23H,1-10H3;2H2,1H3,(H,4,5);/p-1. The third-order valence-corrected chi connectivity index (χ3v) is 7.02. The van der Waals surface area contributed by atoms with Crippen LogP contribution >= 0.6 is 0 Å². The number of hydrogen-bond donors (Lipinski definition) is 0. The second-order valence-electron chi connectivity index (χ2n) is 11.7. The number of benzene rings is 2. The molecule has 228 valence electrons. The third-order valence-electron chi connectivity index (χ3n) is 7.02. The van der Waals surface area contributed by atoms with Gasteiger partial charge < -0.3 is 9.90 Å². The number of hydrogen-bond acceptors (Lipinski definition) is 5. The molecule has 0 N–H and O–H groups in total. The van der Waals surface area contributed by atoms with Gasteiger partial charge in [0.25, 0.3) is 0 Å². The maximum Gasteiger partial charge on any atom is 0.0849 e. The molecular weight excluding hydrogens is 562 g/mol. The molecule has 0 aliphatic carbocycles. The number of pyridine rings is 1. The largest absolute Gasteiger partial charge is 0.550 e. The van der Waals surface area contributed by atoms with Gasteiger partial charge in [0, 0.05) is 23.0 Å². The Morgan fingerprint density at radius 2 is 0.905 bits per heavy atom. The van der Waals surface area contributed by atoms with Gasteiger partial charge in [-0.15, -0.1) is 0 Å². The van der Waals surface area contributed by atoms with Gasteiger partial charge in [0.1, 0.15) is 0 Å². The zero-order chi connectivity index (χ0) is 30.9. The van der Waals surface area contributed by atoms with E-state index in [1.54, 1.807) is 0 Å². The van der Waals surface area contributed by atoms with Gasteiger partial charge in [-0.1, -0.05) is 105 Å². The van der Waals surface area contributed by atoms with Crippen molar-refractivity contribution in [2.24, 2.45) is 9.98 Å². The molecule has 0 aliphatic rings. The van der Waals surface area contributed by atoms with Crippen LogP contribution in [0.2, 0.25) is 0 Å². The number of aromatic nitrogens is 1. The molecule has 0 unspecified atom stereocenters. The fraction of sp³-hybridized carbons (Fsp3) is 0.444. The molecule has 6 heteroatoms. The maximum absolute atomic E-state index is 9.26. The van der Waals surface area contributed by atoms with E-state index in [9.17, 15) is 9.90 Å². The Bertz CT molecular complexity index is 1240. The first-order valence-corrected chi connectivity index (χ1v) is 14.8. The topological polar surface area (TPSA) is 77.7 Å². The number of rotatable bonds is 9. The van der Waals surface area contributed by atoms with Crippen LogP contribution in [0.5, 0.6) is 0 Å². The van der Waals surface area contributed by atoms with Crippen molar-refractivity contribution in [2.45, 2.75) is 106 Å². The summed E-state index contributed by atoms with van der Waals surface area (Å²) in [5.74, 6) is 0.616. The number of carboxylic acids is 1. The maximum atomic E-state index is 9.26. The van der Waals surface area contributed by atoms with E-state index in [0.29, 0.717) is 23.7 Å². The Kier molecular flexibility index (Phi) is 15.1. The van der Waals surface area contributed by atoms with Crippen LogP contribution in [0, 0.1) is 0 Å². The van der Waals surface area contributed by atoms with Gasteiger partial charge in [-0.25, -0.2) is 4.98 Å². The van der Waals surface area contributed by atoms with Crippen LogP contribution in [0.25, 0.3) is 0 Å². The SMILES string of the molecule is CC(=Nc1c(C(C)C)cccc1C(C)C)c1cccc(C(C)=Nc2c(C(C)C)cccc2C(C)C)n1.CCC(=O)[O-].[Fe]. The number of carboxylic acid groups (broad SMARTS) is 1. The number of aliphatic carboxylic acids is 1. The first-order chi connectivity index (χ1) is 19.3. The molecule has 0 spiro atoms. The van der Waals surface area contributed by atoms with Gasteiger partial charge in [0.2, 0.25) is 0 Å². The quantitative estimate of drug-likeness (QED) is 0.179. The second-order valence-corrected chi connectivity index (χ2v) is 11.7. The summed E-state index contributed by atoms with van der Waals surface area (Å²) < 4.78 is 0. The molecular formula is C36H48FeN3O2-. The van der Waals surface area contributed by atoms with E-state index in [2.05, 4.69) is 112 Å². The van der Waals surface area contributed by atoms with Crippen LogP contribution in [-0.2, 0) is 21.9 Å². The monoisotopic (exact) mass is 610 g/mol. The van der Waals surface area contributed by atoms with E-state index in [-0.39, 0.29) is 23.5 Å². The molecule has 2 aromatic carbocycles. The minimum atomic E-state index is -0.995. The van der Waals surface area contributed by atoms with Gasteiger partial charge in [-0.2, -0.15) is 0 Å². The molecule has 42 heavy (non-hydrogen) atoms. The molecule has 0 bridgehead atoms. The molecule has 5 nitrogen and oxygen atoms in total. The van der Waals surface area contributed by atoms with Crippen molar-refractivity contribution in [2.75, 3.05) is 0 Å². The van der Waals surface area contributed by atoms with Crippen LogP contribution in [0.15, 0.2) is 64.6 Å². The third kappa shape index (κ3) is 10.0. The minimum absolute atomic E-state index is 0. The summed E-state index contributed by atoms with van der Waals surface area (Å²) in [6.07, 6.45) is 0.111. The molecule has 0 saturated carbocycles. The van der Waals surface area contributed by atoms with Crippen LogP contribution in [0.4, 0.5) is 11.4 Å². The van der Waals surface area contributed by atoms with E-state index in [1.807, 2.05) is 12.1 Å². The average molecular weight is 611 g/mol. The van der Waals surface area contributed by atoms with Crippen LogP contribution < -0.4 is 5.11 Å². The Labute approximate surface area is 264 Å². The number of carbonyl (C=O) groups excluding carboxylic acids is 1. The Morgan fingerprint density at radius 3 is 1.14 bits per heavy atom. The summed E-state index contributed by atoms with van der Waals surface area (Å²) in [7, 11) is 0. The zero-order valence-corrected chi connectivity index (χ0v) is 28.3. The number of carbonyl (C=O) groups is 1.